The van der Waals surface area contributed by atoms with E-state index in [9.17, 15) is 10.1 Å². The minimum absolute atomic E-state index is 0.0708. The van der Waals surface area contributed by atoms with Crippen LogP contribution in [0.4, 0.5) is 0 Å². The molecule has 6 heteroatoms. The average Bonchev–Trinajstić information content (AvgIpc) is 2.24. The topological polar surface area (TPSA) is 75.4 Å². The normalized spacial score (nSPS) is 12.4. The Morgan fingerprint density at radius 3 is 2.75 bits per heavy atom. The second-order valence-corrected chi connectivity index (χ2v) is 3.67. The summed E-state index contributed by atoms with van der Waals surface area (Å²) in [5, 5.41) is 22.6. The molecular formula is C10H13ClN2O3. The Morgan fingerprint density at radius 1 is 1.50 bits per heavy atom. The minimum Gasteiger partial charge on any atom is -0.395 e. The van der Waals surface area contributed by atoms with Crippen LogP contribution < -0.4 is 5.32 Å². The maximum Gasteiger partial charge on any atom is 0.223 e. The number of aliphatic hydroxyl groups excluding tert-OH is 1. The van der Waals surface area contributed by atoms with Gasteiger partial charge in [0.25, 0.3) is 0 Å². The Balaban J connectivity index is 2.82. The largest absolute Gasteiger partial charge is 0.395 e. The molecule has 5 nitrogen and oxygen atoms in total. The fourth-order valence-corrected chi connectivity index (χ4v) is 1.69. The predicted molar refractivity (Wildman–Crippen MR) is 61.1 cm³/mol. The summed E-state index contributed by atoms with van der Waals surface area (Å²) >= 11 is 5.96. The minimum atomic E-state index is -0.476. The van der Waals surface area contributed by atoms with E-state index in [0.29, 0.717) is 17.1 Å². The van der Waals surface area contributed by atoms with Gasteiger partial charge in [-0.3, -0.25) is 10.1 Å². The molecule has 0 aliphatic carbocycles. The summed E-state index contributed by atoms with van der Waals surface area (Å²) in [4.78, 5) is 10.1. The summed E-state index contributed by atoms with van der Waals surface area (Å²) in [5.74, 6) is 0. The van der Waals surface area contributed by atoms with Gasteiger partial charge in [0.2, 0.25) is 6.54 Å². The summed E-state index contributed by atoms with van der Waals surface area (Å²) in [7, 11) is 0. The first-order valence-electron chi connectivity index (χ1n) is 4.85. The summed E-state index contributed by atoms with van der Waals surface area (Å²) < 4.78 is 0. The fourth-order valence-electron chi connectivity index (χ4n) is 1.42. The lowest BCUT2D eigenvalue weighted by Crippen LogP contribution is -2.30. The lowest BCUT2D eigenvalue weighted by atomic mass is 10.1. The van der Waals surface area contributed by atoms with Gasteiger partial charge in [0.1, 0.15) is 0 Å². The summed E-state index contributed by atoms with van der Waals surface area (Å²) in [6, 6.07) is 6.48. The summed E-state index contributed by atoms with van der Waals surface area (Å²) in [5.41, 5.74) is 0.675. The highest BCUT2D eigenvalue weighted by molar-refractivity contribution is 6.31. The van der Waals surface area contributed by atoms with Gasteiger partial charge in [-0.15, -0.1) is 0 Å². The zero-order valence-electron chi connectivity index (χ0n) is 8.60. The van der Waals surface area contributed by atoms with Crippen molar-refractivity contribution in [3.05, 3.63) is 45.0 Å². The molecule has 0 saturated carbocycles. The standard InChI is InChI=1S/C10H13ClN2O3/c11-9-4-2-1-3-8(9)10(7-13(15)16)12-5-6-14/h1-4,10,12,14H,5-7H2. The molecule has 0 fully saturated rings. The first-order valence-corrected chi connectivity index (χ1v) is 5.23. The van der Waals surface area contributed by atoms with Crippen LogP contribution in [0.1, 0.15) is 11.6 Å². The molecule has 88 valence electrons. The van der Waals surface area contributed by atoms with E-state index in [2.05, 4.69) is 5.32 Å². The van der Waals surface area contributed by atoms with Crippen molar-refractivity contribution in [2.75, 3.05) is 19.7 Å². The maximum absolute atomic E-state index is 10.5. The molecule has 2 N–H and O–H groups in total. The van der Waals surface area contributed by atoms with Crippen molar-refractivity contribution >= 4 is 11.6 Å². The van der Waals surface area contributed by atoms with E-state index >= 15 is 0 Å². The number of rotatable bonds is 6. The Kier molecular flexibility index (Phi) is 5.18. The van der Waals surface area contributed by atoms with Gasteiger partial charge in [0.05, 0.1) is 12.6 Å². The number of nitrogens with one attached hydrogen (secondary N) is 1. The smallest absolute Gasteiger partial charge is 0.223 e. The molecule has 0 spiro atoms. The number of hydrogen-bond donors (Lipinski definition) is 2. The molecule has 1 unspecified atom stereocenters. The van der Waals surface area contributed by atoms with Crippen molar-refractivity contribution in [1.29, 1.82) is 0 Å². The Labute approximate surface area is 98.2 Å². The van der Waals surface area contributed by atoms with Gasteiger partial charge in [-0.2, -0.15) is 0 Å². The first-order chi connectivity index (χ1) is 7.65. The number of halogens is 1. The van der Waals surface area contributed by atoms with Crippen molar-refractivity contribution in [2.45, 2.75) is 6.04 Å². The molecule has 0 radical (unpaired) electrons. The van der Waals surface area contributed by atoms with Crippen molar-refractivity contribution in [2.24, 2.45) is 0 Å². The predicted octanol–water partition coefficient (Wildman–Crippen LogP) is 1.24. The van der Waals surface area contributed by atoms with Gasteiger partial charge < -0.3 is 10.4 Å². The number of aliphatic hydroxyl groups is 1. The van der Waals surface area contributed by atoms with Crippen molar-refractivity contribution in [3.8, 4) is 0 Å². The third-order valence-electron chi connectivity index (χ3n) is 2.11. The molecule has 0 aliphatic rings. The van der Waals surface area contributed by atoms with Crippen LogP contribution in [0, 0.1) is 10.1 Å². The van der Waals surface area contributed by atoms with E-state index in [4.69, 9.17) is 16.7 Å². The molecule has 1 rings (SSSR count). The lowest BCUT2D eigenvalue weighted by molar-refractivity contribution is -0.484. The molecule has 0 saturated heterocycles. The highest BCUT2D eigenvalue weighted by atomic mass is 35.5. The quantitative estimate of drug-likeness (QED) is 0.583. The van der Waals surface area contributed by atoms with E-state index in [1.54, 1.807) is 24.3 Å². The molecule has 1 aromatic rings. The van der Waals surface area contributed by atoms with Crippen molar-refractivity contribution < 1.29 is 10.0 Å². The van der Waals surface area contributed by atoms with E-state index in [1.165, 1.54) is 0 Å². The maximum atomic E-state index is 10.5. The number of nitrogens with zero attached hydrogens (tertiary/aromatic N) is 1. The third-order valence-corrected chi connectivity index (χ3v) is 2.46. The third kappa shape index (κ3) is 3.77. The molecule has 0 heterocycles. The van der Waals surface area contributed by atoms with E-state index in [0.717, 1.165) is 0 Å². The van der Waals surface area contributed by atoms with Crippen LogP contribution in [0.15, 0.2) is 24.3 Å². The molecule has 1 aromatic carbocycles. The second-order valence-electron chi connectivity index (χ2n) is 3.27. The Hall–Kier alpha value is -1.17. The van der Waals surface area contributed by atoms with Crippen LogP contribution >= 0.6 is 11.6 Å². The zero-order valence-corrected chi connectivity index (χ0v) is 9.35. The molecule has 0 aliphatic heterocycles. The zero-order chi connectivity index (χ0) is 12.0. The Bertz CT molecular complexity index is 360. The molecule has 1 atom stereocenters. The summed E-state index contributed by atoms with van der Waals surface area (Å²) in [6.45, 7) is -0.0356. The van der Waals surface area contributed by atoms with Crippen LogP contribution in [0.2, 0.25) is 5.02 Å². The van der Waals surface area contributed by atoms with E-state index in [1.807, 2.05) is 0 Å². The van der Waals surface area contributed by atoms with Gasteiger partial charge >= 0.3 is 0 Å². The van der Waals surface area contributed by atoms with Gasteiger partial charge in [-0.25, -0.2) is 0 Å². The molecule has 0 bridgehead atoms. The molecular weight excluding hydrogens is 232 g/mol. The van der Waals surface area contributed by atoms with E-state index < -0.39 is 11.0 Å². The molecule has 0 amide bonds. The van der Waals surface area contributed by atoms with Crippen molar-refractivity contribution in [3.63, 3.8) is 0 Å². The Morgan fingerprint density at radius 2 is 2.19 bits per heavy atom. The monoisotopic (exact) mass is 244 g/mol. The van der Waals surface area contributed by atoms with Crippen LogP contribution in [0.3, 0.4) is 0 Å². The van der Waals surface area contributed by atoms with Crippen LogP contribution in [0.25, 0.3) is 0 Å². The van der Waals surface area contributed by atoms with Crippen molar-refractivity contribution in [1.82, 2.24) is 5.32 Å². The first kappa shape index (κ1) is 12.9. The number of nitro groups is 1. The number of hydrogen-bond acceptors (Lipinski definition) is 4. The highest BCUT2D eigenvalue weighted by Crippen LogP contribution is 2.22. The number of benzene rings is 1. The second kappa shape index (κ2) is 6.42. The van der Waals surface area contributed by atoms with Gasteiger partial charge in [0, 0.05) is 16.5 Å². The molecule has 16 heavy (non-hydrogen) atoms. The van der Waals surface area contributed by atoms with Gasteiger partial charge in [-0.1, -0.05) is 29.8 Å². The average molecular weight is 245 g/mol. The van der Waals surface area contributed by atoms with Crippen LogP contribution in [-0.2, 0) is 0 Å². The van der Waals surface area contributed by atoms with Crippen LogP contribution in [-0.4, -0.2) is 29.7 Å². The summed E-state index contributed by atoms with van der Waals surface area (Å²) in [6.07, 6.45) is 0. The lowest BCUT2D eigenvalue weighted by Gasteiger charge is -2.15. The van der Waals surface area contributed by atoms with Gasteiger partial charge in [-0.05, 0) is 11.6 Å². The fraction of sp³-hybridized carbons (Fsp3) is 0.400. The van der Waals surface area contributed by atoms with Gasteiger partial charge in [0.15, 0.2) is 0 Å². The van der Waals surface area contributed by atoms with Crippen LogP contribution in [0.5, 0.6) is 0 Å². The molecule has 0 aromatic heterocycles. The highest BCUT2D eigenvalue weighted by Gasteiger charge is 2.18. The SMILES string of the molecule is O=[N+]([O-])CC(NCCO)c1ccccc1Cl. The van der Waals surface area contributed by atoms with E-state index in [-0.39, 0.29) is 13.2 Å².